The van der Waals surface area contributed by atoms with Crippen molar-refractivity contribution in [1.82, 2.24) is 14.5 Å². The summed E-state index contributed by atoms with van der Waals surface area (Å²) in [5, 5.41) is 3.57. The van der Waals surface area contributed by atoms with Crippen LogP contribution in [0.4, 0.5) is 10.5 Å². The Balaban J connectivity index is 1.25. The van der Waals surface area contributed by atoms with E-state index in [0.29, 0.717) is 61.7 Å². The van der Waals surface area contributed by atoms with Crippen LogP contribution in [0.2, 0.25) is 0 Å². The molecule has 1 aromatic heterocycles. The molecule has 0 saturated carbocycles. The summed E-state index contributed by atoms with van der Waals surface area (Å²) >= 11 is 0. The minimum atomic E-state index is -0.158. The van der Waals surface area contributed by atoms with Crippen LogP contribution in [0.3, 0.4) is 0 Å². The monoisotopic (exact) mass is 420 g/mol. The molecule has 3 heterocycles. The first kappa shape index (κ1) is 19.4. The minimum Gasteiger partial charge on any atom is -0.486 e. The van der Waals surface area contributed by atoms with Gasteiger partial charge in [0.05, 0.1) is 17.2 Å². The minimum absolute atomic E-state index is 0.0205. The van der Waals surface area contributed by atoms with E-state index in [2.05, 4.69) is 10.3 Å². The fourth-order valence-electron chi connectivity index (χ4n) is 4.25. The van der Waals surface area contributed by atoms with Crippen LogP contribution in [0.15, 0.2) is 47.5 Å². The second-order valence-electron chi connectivity index (χ2n) is 7.93. The Morgan fingerprint density at radius 1 is 1.10 bits per heavy atom. The van der Waals surface area contributed by atoms with E-state index in [1.807, 2.05) is 25.1 Å². The summed E-state index contributed by atoms with van der Waals surface area (Å²) in [5.41, 5.74) is 2.39. The fourth-order valence-corrected chi connectivity index (χ4v) is 4.25. The molecule has 2 aliphatic heterocycles. The standard InChI is InChI=1S/C23H24N4O4/c1-15-3-2-4-18-21(15)24-14-27(22(18)28)17-7-9-26(10-8-17)23(29)25-16-5-6-19-20(13-16)31-12-11-30-19/h2-6,13-14,17H,7-12H2,1H3,(H,25,29). The fraction of sp³-hybridized carbons (Fsp3) is 0.348. The average molecular weight is 420 g/mol. The third-order valence-corrected chi connectivity index (χ3v) is 5.95. The van der Waals surface area contributed by atoms with Crippen molar-refractivity contribution >= 4 is 22.6 Å². The van der Waals surface area contributed by atoms with Crippen molar-refractivity contribution in [3.05, 3.63) is 58.6 Å². The van der Waals surface area contributed by atoms with Gasteiger partial charge in [0, 0.05) is 30.9 Å². The van der Waals surface area contributed by atoms with E-state index in [0.717, 1.165) is 11.1 Å². The van der Waals surface area contributed by atoms with E-state index in [9.17, 15) is 9.59 Å². The number of benzene rings is 2. The molecule has 5 rings (SSSR count). The quantitative estimate of drug-likeness (QED) is 0.687. The number of likely N-dealkylation sites (tertiary alicyclic amines) is 1. The topological polar surface area (TPSA) is 85.7 Å². The molecule has 1 N–H and O–H groups in total. The molecular formula is C23H24N4O4. The number of ether oxygens (including phenoxy) is 2. The van der Waals surface area contributed by atoms with E-state index in [-0.39, 0.29) is 17.6 Å². The lowest BCUT2D eigenvalue weighted by atomic mass is 10.0. The maximum absolute atomic E-state index is 13.0. The van der Waals surface area contributed by atoms with Crippen molar-refractivity contribution in [3.8, 4) is 11.5 Å². The summed E-state index contributed by atoms with van der Waals surface area (Å²) in [7, 11) is 0. The molecule has 2 amide bonds. The largest absolute Gasteiger partial charge is 0.486 e. The number of hydrogen-bond acceptors (Lipinski definition) is 5. The predicted molar refractivity (Wildman–Crippen MR) is 117 cm³/mol. The van der Waals surface area contributed by atoms with Crippen molar-refractivity contribution in [2.45, 2.75) is 25.8 Å². The highest BCUT2D eigenvalue weighted by molar-refractivity contribution is 5.89. The molecule has 0 spiro atoms. The first-order valence-corrected chi connectivity index (χ1v) is 10.5. The Morgan fingerprint density at radius 2 is 1.87 bits per heavy atom. The molecule has 0 bridgehead atoms. The predicted octanol–water partition coefficient (Wildman–Crippen LogP) is 3.35. The van der Waals surface area contributed by atoms with Crippen LogP contribution in [-0.2, 0) is 0 Å². The van der Waals surface area contributed by atoms with Gasteiger partial charge in [-0.3, -0.25) is 9.36 Å². The summed E-state index contributed by atoms with van der Waals surface area (Å²) in [4.78, 5) is 32.0. The highest BCUT2D eigenvalue weighted by Gasteiger charge is 2.25. The Labute approximate surface area is 179 Å². The molecule has 2 aliphatic rings. The maximum atomic E-state index is 13.0. The number of fused-ring (bicyclic) bond motifs is 2. The summed E-state index contributed by atoms with van der Waals surface area (Å²) in [6.45, 7) is 4.13. The summed E-state index contributed by atoms with van der Waals surface area (Å²) in [6.07, 6.45) is 3.05. The number of aromatic nitrogens is 2. The number of urea groups is 1. The molecule has 0 aliphatic carbocycles. The van der Waals surface area contributed by atoms with Crippen molar-refractivity contribution < 1.29 is 14.3 Å². The van der Waals surface area contributed by atoms with Crippen molar-refractivity contribution in [3.63, 3.8) is 0 Å². The van der Waals surface area contributed by atoms with Crippen molar-refractivity contribution in [1.29, 1.82) is 0 Å². The SMILES string of the molecule is Cc1cccc2c(=O)n(C3CCN(C(=O)Nc4ccc5c(c4)OCCO5)CC3)cnc12. The van der Waals surface area contributed by atoms with E-state index in [4.69, 9.17) is 9.47 Å². The Kier molecular flexibility index (Phi) is 4.97. The maximum Gasteiger partial charge on any atom is 0.321 e. The third-order valence-electron chi connectivity index (χ3n) is 5.95. The number of nitrogens with one attached hydrogen (secondary N) is 1. The van der Waals surface area contributed by atoms with Gasteiger partial charge < -0.3 is 19.7 Å². The summed E-state index contributed by atoms with van der Waals surface area (Å²) < 4.78 is 12.8. The van der Waals surface area contributed by atoms with Crippen LogP contribution in [0, 0.1) is 6.92 Å². The summed E-state index contributed by atoms with van der Waals surface area (Å²) in [5.74, 6) is 1.33. The van der Waals surface area contributed by atoms with Gasteiger partial charge >= 0.3 is 6.03 Å². The van der Waals surface area contributed by atoms with Gasteiger partial charge in [-0.15, -0.1) is 0 Å². The zero-order valence-corrected chi connectivity index (χ0v) is 17.3. The molecule has 8 nitrogen and oxygen atoms in total. The molecule has 0 atom stereocenters. The molecule has 3 aromatic rings. The van der Waals surface area contributed by atoms with Gasteiger partial charge in [0.25, 0.3) is 5.56 Å². The van der Waals surface area contributed by atoms with Gasteiger partial charge in [-0.1, -0.05) is 12.1 Å². The number of anilines is 1. The lowest BCUT2D eigenvalue weighted by Crippen LogP contribution is -2.42. The number of rotatable bonds is 2. The van der Waals surface area contributed by atoms with Crippen molar-refractivity contribution in [2.24, 2.45) is 0 Å². The van der Waals surface area contributed by atoms with Gasteiger partial charge in [0.2, 0.25) is 0 Å². The second kappa shape index (κ2) is 7.94. The van der Waals surface area contributed by atoms with Gasteiger partial charge in [-0.2, -0.15) is 0 Å². The van der Waals surface area contributed by atoms with Crippen LogP contribution >= 0.6 is 0 Å². The molecule has 0 unspecified atom stereocenters. The van der Waals surface area contributed by atoms with Gasteiger partial charge in [-0.25, -0.2) is 9.78 Å². The average Bonchev–Trinajstić information content (AvgIpc) is 2.80. The van der Waals surface area contributed by atoms with Crippen LogP contribution < -0.4 is 20.3 Å². The van der Waals surface area contributed by atoms with E-state index < -0.39 is 0 Å². The lowest BCUT2D eigenvalue weighted by Gasteiger charge is -2.33. The number of piperidine rings is 1. The molecule has 1 fully saturated rings. The number of aryl methyl sites for hydroxylation is 1. The van der Waals surface area contributed by atoms with Gasteiger partial charge in [-0.05, 0) is 43.5 Å². The van der Waals surface area contributed by atoms with E-state index >= 15 is 0 Å². The van der Waals surface area contributed by atoms with Gasteiger partial charge in [0.1, 0.15) is 13.2 Å². The zero-order valence-electron chi connectivity index (χ0n) is 17.3. The first-order valence-electron chi connectivity index (χ1n) is 10.5. The third kappa shape index (κ3) is 3.69. The lowest BCUT2D eigenvalue weighted by molar-refractivity contribution is 0.171. The number of carbonyl (C=O) groups is 1. The molecule has 8 heteroatoms. The smallest absolute Gasteiger partial charge is 0.321 e. The van der Waals surface area contributed by atoms with Crippen LogP contribution in [0.5, 0.6) is 11.5 Å². The Bertz CT molecular complexity index is 1200. The number of amides is 2. The number of nitrogens with zero attached hydrogens (tertiary/aromatic N) is 3. The summed E-state index contributed by atoms with van der Waals surface area (Å²) in [6, 6.07) is 10.9. The van der Waals surface area contributed by atoms with Crippen LogP contribution in [0.25, 0.3) is 10.9 Å². The number of para-hydroxylation sites is 1. The first-order chi connectivity index (χ1) is 15.1. The second-order valence-corrected chi connectivity index (χ2v) is 7.93. The van der Waals surface area contributed by atoms with Crippen LogP contribution in [-0.4, -0.2) is 46.8 Å². The molecule has 2 aromatic carbocycles. The molecule has 31 heavy (non-hydrogen) atoms. The highest BCUT2D eigenvalue weighted by Crippen LogP contribution is 2.33. The molecule has 1 saturated heterocycles. The Hall–Kier alpha value is -3.55. The van der Waals surface area contributed by atoms with Crippen LogP contribution in [0.1, 0.15) is 24.4 Å². The molecular weight excluding hydrogens is 396 g/mol. The molecule has 160 valence electrons. The highest BCUT2D eigenvalue weighted by atomic mass is 16.6. The number of carbonyl (C=O) groups excluding carboxylic acids is 1. The normalized spacial score (nSPS) is 16.4. The number of hydrogen-bond donors (Lipinski definition) is 1. The zero-order chi connectivity index (χ0) is 21.4. The Morgan fingerprint density at radius 3 is 2.68 bits per heavy atom. The molecule has 0 radical (unpaired) electrons. The van der Waals surface area contributed by atoms with Crippen molar-refractivity contribution in [2.75, 3.05) is 31.6 Å². The van der Waals surface area contributed by atoms with E-state index in [1.54, 1.807) is 34.0 Å². The van der Waals surface area contributed by atoms with Gasteiger partial charge in [0.15, 0.2) is 11.5 Å². The van der Waals surface area contributed by atoms with E-state index in [1.165, 1.54) is 0 Å².